The molecule has 14 heavy (non-hydrogen) atoms. The molecule has 0 spiro atoms. The van der Waals surface area contributed by atoms with Gasteiger partial charge in [0.1, 0.15) is 5.82 Å². The highest BCUT2D eigenvalue weighted by molar-refractivity contribution is 5.81. The van der Waals surface area contributed by atoms with E-state index < -0.39 is 5.41 Å². The number of carbonyl (C=O) groups excluding carboxylic acids is 1. The van der Waals surface area contributed by atoms with Crippen molar-refractivity contribution in [1.82, 2.24) is 15.0 Å². The van der Waals surface area contributed by atoms with Gasteiger partial charge in [0.15, 0.2) is 0 Å². The average Bonchev–Trinajstić information content (AvgIpc) is 2.50. The van der Waals surface area contributed by atoms with Crippen molar-refractivity contribution >= 4 is 5.91 Å². The van der Waals surface area contributed by atoms with Crippen LogP contribution >= 0.6 is 0 Å². The van der Waals surface area contributed by atoms with Crippen molar-refractivity contribution < 1.29 is 4.79 Å². The molecular formula is C9H16N4O. The molecule has 5 nitrogen and oxygen atoms in total. The molecule has 0 saturated heterocycles. The Morgan fingerprint density at radius 3 is 2.79 bits per heavy atom. The topological polar surface area (TPSA) is 72.9 Å². The summed E-state index contributed by atoms with van der Waals surface area (Å²) < 4.78 is 1.93. The first-order chi connectivity index (χ1) is 6.47. The molecule has 0 aliphatic heterocycles. The van der Waals surface area contributed by atoms with E-state index in [1.807, 2.05) is 31.5 Å². The summed E-state index contributed by atoms with van der Waals surface area (Å²) in [6.07, 6.45) is 3.56. The summed E-state index contributed by atoms with van der Waals surface area (Å²) >= 11 is 0. The number of carbonyl (C=O) groups is 1. The fourth-order valence-electron chi connectivity index (χ4n) is 1.26. The number of amides is 1. The van der Waals surface area contributed by atoms with Gasteiger partial charge in [-0.15, -0.1) is 0 Å². The first kappa shape index (κ1) is 10.7. The molecule has 0 bridgehead atoms. The smallest absolute Gasteiger partial charge is 0.241 e. The first-order valence-electron chi connectivity index (χ1n) is 4.46. The largest absolute Gasteiger partial charge is 0.334 e. The monoisotopic (exact) mass is 196 g/mol. The van der Waals surface area contributed by atoms with Crippen LogP contribution in [0.2, 0.25) is 0 Å². The van der Waals surface area contributed by atoms with Gasteiger partial charge in [0.2, 0.25) is 5.91 Å². The van der Waals surface area contributed by atoms with E-state index in [1.165, 1.54) is 0 Å². The maximum atomic E-state index is 11.4. The highest BCUT2D eigenvalue weighted by Crippen LogP contribution is 2.18. The molecule has 1 heterocycles. The van der Waals surface area contributed by atoms with E-state index in [0.29, 0.717) is 6.54 Å². The standard InChI is InChI=1S/C9H16N4O/c1-7-11-4-5-13(7)6-9(2,3)8(14)12-10/h4-5H,6,10H2,1-3H3,(H,12,14). The van der Waals surface area contributed by atoms with Gasteiger partial charge in [-0.25, -0.2) is 10.8 Å². The van der Waals surface area contributed by atoms with Crippen LogP contribution in [0.3, 0.4) is 0 Å². The fraction of sp³-hybridized carbons (Fsp3) is 0.556. The van der Waals surface area contributed by atoms with E-state index in [2.05, 4.69) is 10.4 Å². The summed E-state index contributed by atoms with van der Waals surface area (Å²) in [4.78, 5) is 15.5. The number of hydrazine groups is 1. The van der Waals surface area contributed by atoms with E-state index in [1.54, 1.807) is 6.20 Å². The summed E-state index contributed by atoms with van der Waals surface area (Å²) in [5.41, 5.74) is 1.64. The van der Waals surface area contributed by atoms with E-state index in [4.69, 9.17) is 5.84 Å². The maximum Gasteiger partial charge on any atom is 0.241 e. The summed E-state index contributed by atoms with van der Waals surface area (Å²) in [6, 6.07) is 0. The number of hydrogen-bond acceptors (Lipinski definition) is 3. The number of aryl methyl sites for hydroxylation is 1. The number of nitrogens with zero attached hydrogens (tertiary/aromatic N) is 2. The van der Waals surface area contributed by atoms with Crippen molar-refractivity contribution in [3.05, 3.63) is 18.2 Å². The Labute approximate surface area is 83.3 Å². The minimum Gasteiger partial charge on any atom is -0.334 e. The van der Waals surface area contributed by atoms with Gasteiger partial charge in [0, 0.05) is 18.9 Å². The van der Waals surface area contributed by atoms with E-state index in [-0.39, 0.29) is 5.91 Å². The SMILES string of the molecule is Cc1nccn1CC(C)(C)C(=O)NN. The van der Waals surface area contributed by atoms with Gasteiger partial charge in [0.05, 0.1) is 5.41 Å². The van der Waals surface area contributed by atoms with Crippen LogP contribution in [0.25, 0.3) is 0 Å². The third-order valence-corrected chi connectivity index (χ3v) is 2.24. The van der Waals surface area contributed by atoms with Crippen molar-refractivity contribution in [2.24, 2.45) is 11.3 Å². The van der Waals surface area contributed by atoms with Crippen LogP contribution in [0, 0.1) is 12.3 Å². The summed E-state index contributed by atoms with van der Waals surface area (Å²) in [7, 11) is 0. The minimum atomic E-state index is -0.528. The fourth-order valence-corrected chi connectivity index (χ4v) is 1.26. The highest BCUT2D eigenvalue weighted by Gasteiger charge is 2.27. The van der Waals surface area contributed by atoms with Crippen LogP contribution in [0.15, 0.2) is 12.4 Å². The van der Waals surface area contributed by atoms with Gasteiger partial charge in [-0.2, -0.15) is 0 Å². The number of hydrogen-bond donors (Lipinski definition) is 2. The normalized spacial score (nSPS) is 11.4. The zero-order chi connectivity index (χ0) is 10.8. The average molecular weight is 196 g/mol. The quantitative estimate of drug-likeness (QED) is 0.412. The van der Waals surface area contributed by atoms with Crippen molar-refractivity contribution in [3.63, 3.8) is 0 Å². The molecule has 0 fully saturated rings. The minimum absolute atomic E-state index is 0.175. The molecule has 0 atom stereocenters. The van der Waals surface area contributed by atoms with E-state index in [9.17, 15) is 4.79 Å². The molecule has 0 unspecified atom stereocenters. The summed E-state index contributed by atoms with van der Waals surface area (Å²) in [5.74, 6) is 5.82. The van der Waals surface area contributed by atoms with Crippen LogP contribution < -0.4 is 11.3 Å². The maximum absolute atomic E-state index is 11.4. The predicted molar refractivity (Wildman–Crippen MR) is 53.1 cm³/mol. The van der Waals surface area contributed by atoms with Gasteiger partial charge >= 0.3 is 0 Å². The van der Waals surface area contributed by atoms with Gasteiger partial charge < -0.3 is 4.57 Å². The third-order valence-electron chi connectivity index (χ3n) is 2.24. The summed E-state index contributed by atoms with van der Waals surface area (Å²) in [5, 5.41) is 0. The molecule has 0 radical (unpaired) electrons. The Bertz CT molecular complexity index is 329. The lowest BCUT2D eigenvalue weighted by Crippen LogP contribution is -2.43. The van der Waals surface area contributed by atoms with Gasteiger partial charge in [0.25, 0.3) is 0 Å². The van der Waals surface area contributed by atoms with Crippen LogP contribution in [-0.2, 0) is 11.3 Å². The second-order valence-corrected chi connectivity index (χ2v) is 3.96. The van der Waals surface area contributed by atoms with Crippen molar-refractivity contribution in [1.29, 1.82) is 0 Å². The van der Waals surface area contributed by atoms with Crippen LogP contribution in [0.4, 0.5) is 0 Å². The van der Waals surface area contributed by atoms with E-state index in [0.717, 1.165) is 5.82 Å². The lowest BCUT2D eigenvalue weighted by molar-refractivity contribution is -0.130. The van der Waals surface area contributed by atoms with Gasteiger partial charge in [-0.1, -0.05) is 0 Å². The number of rotatable bonds is 3. The molecule has 1 aromatic heterocycles. The summed E-state index contributed by atoms with van der Waals surface area (Å²) in [6.45, 7) is 6.15. The Morgan fingerprint density at radius 1 is 1.71 bits per heavy atom. The molecule has 1 amide bonds. The lowest BCUT2D eigenvalue weighted by Gasteiger charge is -2.23. The molecule has 3 N–H and O–H groups in total. The second-order valence-electron chi connectivity index (χ2n) is 3.96. The van der Waals surface area contributed by atoms with Crippen LogP contribution in [0.1, 0.15) is 19.7 Å². The molecule has 0 saturated carbocycles. The zero-order valence-electron chi connectivity index (χ0n) is 8.74. The molecule has 1 aromatic rings. The molecule has 0 aromatic carbocycles. The number of nitrogens with two attached hydrogens (primary N) is 1. The Kier molecular flexibility index (Phi) is 2.90. The van der Waals surface area contributed by atoms with Crippen LogP contribution in [-0.4, -0.2) is 15.5 Å². The predicted octanol–water partition coefficient (Wildman–Crippen LogP) is 0.208. The number of imidazole rings is 1. The van der Waals surface area contributed by atoms with Gasteiger partial charge in [-0.3, -0.25) is 10.2 Å². The van der Waals surface area contributed by atoms with Gasteiger partial charge in [-0.05, 0) is 20.8 Å². The Balaban J connectivity index is 2.78. The lowest BCUT2D eigenvalue weighted by atomic mass is 9.92. The van der Waals surface area contributed by atoms with Crippen molar-refractivity contribution in [2.75, 3.05) is 0 Å². The number of aromatic nitrogens is 2. The van der Waals surface area contributed by atoms with E-state index >= 15 is 0 Å². The molecule has 78 valence electrons. The zero-order valence-corrected chi connectivity index (χ0v) is 8.74. The van der Waals surface area contributed by atoms with Crippen molar-refractivity contribution in [3.8, 4) is 0 Å². The molecule has 0 aliphatic rings. The Hall–Kier alpha value is -1.36. The first-order valence-corrected chi connectivity index (χ1v) is 4.46. The second kappa shape index (κ2) is 3.79. The Morgan fingerprint density at radius 2 is 2.36 bits per heavy atom. The van der Waals surface area contributed by atoms with Crippen LogP contribution in [0.5, 0.6) is 0 Å². The van der Waals surface area contributed by atoms with Crippen molar-refractivity contribution in [2.45, 2.75) is 27.3 Å². The third kappa shape index (κ3) is 2.11. The molecule has 1 rings (SSSR count). The molecule has 5 heteroatoms. The molecular weight excluding hydrogens is 180 g/mol. The number of nitrogens with one attached hydrogen (secondary N) is 1. The highest BCUT2D eigenvalue weighted by atomic mass is 16.2. The molecule has 0 aliphatic carbocycles.